The smallest absolute Gasteiger partial charge is 0.407 e. The van der Waals surface area contributed by atoms with Gasteiger partial charge in [0.05, 0.1) is 62.1 Å². The Morgan fingerprint density at radius 1 is 0.786 bits per heavy atom. The van der Waals surface area contributed by atoms with Crippen LogP contribution in [0.4, 0.5) is 9.59 Å². The van der Waals surface area contributed by atoms with Crippen molar-refractivity contribution in [3.05, 3.63) is 71.4 Å². The van der Waals surface area contributed by atoms with Crippen molar-refractivity contribution < 1.29 is 48.5 Å². The zero-order valence-corrected chi connectivity index (χ0v) is 30.5. The predicted octanol–water partition coefficient (Wildman–Crippen LogP) is 3.08. The van der Waals surface area contributed by atoms with E-state index in [9.17, 15) is 39.0 Å². The number of carbonyl (C=O) groups excluding carboxylic acids is 4. The quantitative estimate of drug-likeness (QED) is 0.121. The van der Waals surface area contributed by atoms with Gasteiger partial charge in [0.1, 0.15) is 23.7 Å². The molecule has 56 heavy (non-hydrogen) atoms. The van der Waals surface area contributed by atoms with Crippen LogP contribution in [0, 0.1) is 11.8 Å². The fraction of sp³-hybridized carbons (Fsp3) is 0.368. The Hall–Kier alpha value is -6.90. The van der Waals surface area contributed by atoms with Crippen LogP contribution in [0.25, 0.3) is 22.3 Å². The fourth-order valence-corrected chi connectivity index (χ4v) is 6.98. The highest BCUT2D eigenvalue weighted by Gasteiger charge is 2.38. The number of H-pyrrole nitrogens is 2. The maximum Gasteiger partial charge on any atom is 0.407 e. The predicted molar refractivity (Wildman–Crippen MR) is 197 cm³/mol. The van der Waals surface area contributed by atoms with Gasteiger partial charge in [-0.2, -0.15) is 0 Å². The number of likely N-dealkylation sites (tertiary alicyclic amines) is 2. The van der Waals surface area contributed by atoms with Crippen LogP contribution in [-0.4, -0.2) is 115 Å². The van der Waals surface area contributed by atoms with Gasteiger partial charge in [0.15, 0.2) is 0 Å². The van der Waals surface area contributed by atoms with E-state index in [2.05, 4.69) is 46.9 Å². The molecule has 0 unspecified atom stereocenters. The lowest BCUT2D eigenvalue weighted by molar-refractivity contribution is -0.143. The van der Waals surface area contributed by atoms with Crippen LogP contribution < -0.4 is 10.6 Å². The molecular formula is C38H40N8O10. The van der Waals surface area contributed by atoms with Gasteiger partial charge in [-0.15, -0.1) is 0 Å². The molecule has 4 heterocycles. The molecule has 0 spiro atoms. The second-order valence-corrected chi connectivity index (χ2v) is 13.3. The third kappa shape index (κ3) is 8.89. The molecule has 2 aliphatic heterocycles. The van der Waals surface area contributed by atoms with Crippen molar-refractivity contribution in [2.45, 2.75) is 62.7 Å². The summed E-state index contributed by atoms with van der Waals surface area (Å²) in [5.74, 6) is 3.90. The number of benzene rings is 2. The summed E-state index contributed by atoms with van der Waals surface area (Å²) in [6.45, 7) is 0.764. The van der Waals surface area contributed by atoms with Crippen LogP contribution in [0.3, 0.4) is 0 Å². The number of carbonyl (C=O) groups is 6. The molecule has 2 aliphatic rings. The van der Waals surface area contributed by atoms with Gasteiger partial charge in [-0.3, -0.25) is 19.2 Å². The fourth-order valence-electron chi connectivity index (χ4n) is 6.98. The van der Waals surface area contributed by atoms with E-state index < -0.39 is 72.9 Å². The van der Waals surface area contributed by atoms with Crippen molar-refractivity contribution in [1.82, 2.24) is 40.4 Å². The number of carboxylic acid groups (broad SMARTS) is 2. The number of nitrogens with zero attached hydrogens (tertiary/aromatic N) is 4. The van der Waals surface area contributed by atoms with Crippen LogP contribution in [0.15, 0.2) is 48.7 Å². The molecule has 6 N–H and O–H groups in total. The van der Waals surface area contributed by atoms with Crippen molar-refractivity contribution in [2.75, 3.05) is 27.3 Å². The zero-order chi connectivity index (χ0) is 39.9. The number of nitrogens with one attached hydrogen (secondary N) is 4. The second-order valence-electron chi connectivity index (χ2n) is 13.3. The number of alkyl carbamates (subject to hydrolysis) is 2. The molecule has 4 aromatic rings. The summed E-state index contributed by atoms with van der Waals surface area (Å²) in [5, 5.41) is 23.3. The third-order valence-corrected chi connectivity index (χ3v) is 9.65. The number of amides is 4. The molecule has 0 bridgehead atoms. The molecule has 292 valence electrons. The van der Waals surface area contributed by atoms with E-state index in [-0.39, 0.29) is 0 Å². The van der Waals surface area contributed by atoms with E-state index in [0.717, 1.165) is 30.9 Å². The minimum atomic E-state index is -1.29. The number of aromatic nitrogens is 4. The number of imidazole rings is 2. The maximum atomic E-state index is 13.4. The lowest BCUT2D eigenvalue weighted by Gasteiger charge is -2.27. The standard InChI is InChI=1S/C38H40N8O10/c1-55-37(53)43-26(18-31(47)48)35(51)45-15-3-5-29(45)33-39-20-28(42-33)23-12-9-21(10-13-23)7-8-22-11-14-24-25(17-22)41-34(40-24)30-6-4-16-46(30)36(52)27(19-32(49)50)44-38(54)56-2/h9-14,17,20,26-27,29-30H,3-6,15-16,18-19H2,1-2H3,(H,39,42)(H,40,41)(H,43,53)(H,44,54)(H,47,48)(H,49,50)/t26-,27-,29-,30-/m0/s1. The summed E-state index contributed by atoms with van der Waals surface area (Å²) in [6, 6.07) is 9.62. The van der Waals surface area contributed by atoms with E-state index in [1.54, 1.807) is 6.20 Å². The molecule has 18 nitrogen and oxygen atoms in total. The molecule has 2 aromatic heterocycles. The van der Waals surface area contributed by atoms with E-state index in [1.807, 2.05) is 42.5 Å². The van der Waals surface area contributed by atoms with E-state index in [0.29, 0.717) is 67.1 Å². The SMILES string of the molecule is COC(=O)N[C@@H](CC(=O)O)C(=O)N1CCC[C@H]1c1ncc(-c2ccc(C#Cc3ccc4nc([C@@H]5CCCN5C(=O)[C@H](CC(=O)O)NC(=O)OC)[nH]c4c3)cc2)[nH]1. The molecule has 0 radical (unpaired) electrons. The summed E-state index contributed by atoms with van der Waals surface area (Å²) in [7, 11) is 2.27. The average molecular weight is 769 g/mol. The number of aliphatic carboxylic acids is 2. The Morgan fingerprint density at radius 3 is 1.88 bits per heavy atom. The van der Waals surface area contributed by atoms with Gasteiger partial charge in [-0.05, 0) is 61.6 Å². The van der Waals surface area contributed by atoms with Crippen molar-refractivity contribution in [3.63, 3.8) is 0 Å². The lowest BCUT2D eigenvalue weighted by atomic mass is 10.1. The van der Waals surface area contributed by atoms with Crippen LogP contribution in [0.1, 0.15) is 73.4 Å². The van der Waals surface area contributed by atoms with Gasteiger partial charge in [-0.25, -0.2) is 19.6 Å². The number of ether oxygens (including phenoxy) is 2. The minimum absolute atomic E-state index is 0.380. The van der Waals surface area contributed by atoms with E-state index in [4.69, 9.17) is 4.98 Å². The van der Waals surface area contributed by atoms with E-state index in [1.165, 1.54) is 9.80 Å². The lowest BCUT2D eigenvalue weighted by Crippen LogP contribution is -2.49. The second kappa shape index (κ2) is 17.1. The Bertz CT molecular complexity index is 2200. The molecule has 0 saturated carbocycles. The van der Waals surface area contributed by atoms with Crippen LogP contribution in [0.5, 0.6) is 0 Å². The van der Waals surface area contributed by atoms with Crippen LogP contribution in [-0.2, 0) is 28.7 Å². The first-order valence-electron chi connectivity index (χ1n) is 17.8. The Labute approximate surface area is 320 Å². The number of methoxy groups -OCH3 is 2. The van der Waals surface area contributed by atoms with Gasteiger partial charge < -0.3 is 50.1 Å². The molecular weight excluding hydrogens is 728 g/mol. The van der Waals surface area contributed by atoms with Crippen LogP contribution in [0.2, 0.25) is 0 Å². The van der Waals surface area contributed by atoms with Gasteiger partial charge in [0, 0.05) is 24.2 Å². The Kier molecular flexibility index (Phi) is 11.8. The van der Waals surface area contributed by atoms with Crippen molar-refractivity contribution in [3.8, 4) is 23.1 Å². The topological polar surface area (TPSA) is 249 Å². The summed E-state index contributed by atoms with van der Waals surface area (Å²) < 4.78 is 9.15. The van der Waals surface area contributed by atoms with Crippen LogP contribution >= 0.6 is 0 Å². The Balaban J connectivity index is 1.12. The highest BCUT2D eigenvalue weighted by atomic mass is 16.5. The largest absolute Gasteiger partial charge is 0.481 e. The van der Waals surface area contributed by atoms with Crippen molar-refractivity contribution in [1.29, 1.82) is 0 Å². The Morgan fingerprint density at radius 2 is 1.32 bits per heavy atom. The maximum absolute atomic E-state index is 13.4. The monoisotopic (exact) mass is 768 g/mol. The summed E-state index contributed by atoms with van der Waals surface area (Å²) in [5.41, 5.74) is 4.42. The summed E-state index contributed by atoms with van der Waals surface area (Å²) in [4.78, 5) is 92.0. The molecule has 4 atom stereocenters. The number of hydrogen-bond acceptors (Lipinski definition) is 10. The molecule has 2 aromatic carbocycles. The van der Waals surface area contributed by atoms with Crippen molar-refractivity contribution >= 4 is 47.0 Å². The number of fused-ring (bicyclic) bond motifs is 1. The molecule has 2 saturated heterocycles. The zero-order valence-electron chi connectivity index (χ0n) is 30.5. The highest BCUT2D eigenvalue weighted by Crippen LogP contribution is 2.34. The molecule has 2 fully saturated rings. The highest BCUT2D eigenvalue weighted by molar-refractivity contribution is 5.90. The molecule has 4 amide bonds. The van der Waals surface area contributed by atoms with Gasteiger partial charge in [0.25, 0.3) is 0 Å². The minimum Gasteiger partial charge on any atom is -0.481 e. The molecule has 0 aliphatic carbocycles. The number of hydrogen-bond donors (Lipinski definition) is 6. The third-order valence-electron chi connectivity index (χ3n) is 9.65. The number of rotatable bonds is 11. The molecule has 18 heteroatoms. The number of aromatic amines is 2. The van der Waals surface area contributed by atoms with Gasteiger partial charge >= 0.3 is 24.1 Å². The molecule has 6 rings (SSSR count). The van der Waals surface area contributed by atoms with E-state index >= 15 is 0 Å². The average Bonchev–Trinajstić information content (AvgIpc) is 4.01. The van der Waals surface area contributed by atoms with Gasteiger partial charge in [-0.1, -0.05) is 24.0 Å². The van der Waals surface area contributed by atoms with Crippen molar-refractivity contribution in [2.24, 2.45) is 0 Å². The summed E-state index contributed by atoms with van der Waals surface area (Å²) in [6.07, 6.45) is 1.28. The normalized spacial score (nSPS) is 17.4. The number of carboxylic acids is 2. The first-order chi connectivity index (χ1) is 26.9. The van der Waals surface area contributed by atoms with Gasteiger partial charge in [0.2, 0.25) is 11.8 Å². The first kappa shape index (κ1) is 38.8. The first-order valence-corrected chi connectivity index (χ1v) is 17.8. The summed E-state index contributed by atoms with van der Waals surface area (Å²) >= 11 is 0.